The maximum atomic E-state index is 13.7. The largest absolute Gasteiger partial charge is 0.340 e. The van der Waals surface area contributed by atoms with Crippen LogP contribution in [-0.4, -0.2) is 49.8 Å². The van der Waals surface area contributed by atoms with Crippen molar-refractivity contribution >= 4 is 40.4 Å². The molecule has 0 radical (unpaired) electrons. The molecule has 4 rings (SSSR count). The minimum atomic E-state index is -0.476. The Labute approximate surface area is 203 Å². The van der Waals surface area contributed by atoms with E-state index in [0.717, 1.165) is 11.1 Å². The molecular formula is C26H28N4O3S. The van der Waals surface area contributed by atoms with E-state index in [2.05, 4.69) is 10.6 Å². The van der Waals surface area contributed by atoms with Crippen molar-refractivity contribution in [3.63, 3.8) is 0 Å². The van der Waals surface area contributed by atoms with Crippen molar-refractivity contribution in [2.45, 2.75) is 19.4 Å². The lowest BCUT2D eigenvalue weighted by molar-refractivity contribution is -0.116. The van der Waals surface area contributed by atoms with Crippen LogP contribution >= 0.6 is 11.3 Å². The fraction of sp³-hybridized carbons (Fsp3) is 0.269. The van der Waals surface area contributed by atoms with Gasteiger partial charge in [0.1, 0.15) is 0 Å². The van der Waals surface area contributed by atoms with Crippen LogP contribution in [0.5, 0.6) is 0 Å². The van der Waals surface area contributed by atoms with E-state index in [9.17, 15) is 14.4 Å². The third-order valence-electron chi connectivity index (χ3n) is 5.92. The molecule has 0 fully saturated rings. The highest BCUT2D eigenvalue weighted by Crippen LogP contribution is 2.40. The average Bonchev–Trinajstić information content (AvgIpc) is 3.33. The first-order valence-electron chi connectivity index (χ1n) is 11.2. The van der Waals surface area contributed by atoms with E-state index in [1.807, 2.05) is 49.7 Å². The summed E-state index contributed by atoms with van der Waals surface area (Å²) in [5, 5.41) is 7.82. The van der Waals surface area contributed by atoms with Gasteiger partial charge in [0.15, 0.2) is 0 Å². The van der Waals surface area contributed by atoms with Gasteiger partial charge in [-0.1, -0.05) is 35.9 Å². The molecule has 1 atom stereocenters. The van der Waals surface area contributed by atoms with Crippen molar-refractivity contribution < 1.29 is 14.4 Å². The van der Waals surface area contributed by atoms with Gasteiger partial charge in [-0.05, 0) is 49.2 Å². The first-order valence-corrected chi connectivity index (χ1v) is 12.0. The molecule has 0 saturated heterocycles. The molecule has 0 bridgehead atoms. The molecule has 0 saturated carbocycles. The third-order valence-corrected chi connectivity index (χ3v) is 6.78. The van der Waals surface area contributed by atoms with Crippen molar-refractivity contribution in [2.24, 2.45) is 0 Å². The van der Waals surface area contributed by atoms with Gasteiger partial charge in [0, 0.05) is 25.7 Å². The Kier molecular flexibility index (Phi) is 7.09. The monoisotopic (exact) mass is 476 g/mol. The molecule has 1 aliphatic heterocycles. The zero-order valence-corrected chi connectivity index (χ0v) is 20.3. The summed E-state index contributed by atoms with van der Waals surface area (Å²) in [5.74, 6) is -0.534. The highest BCUT2D eigenvalue weighted by Gasteiger charge is 2.35. The second kappa shape index (κ2) is 10.2. The predicted octanol–water partition coefficient (Wildman–Crippen LogP) is 4.08. The van der Waals surface area contributed by atoms with Gasteiger partial charge in [0.05, 0.1) is 28.7 Å². The summed E-state index contributed by atoms with van der Waals surface area (Å²) in [5.41, 5.74) is 3.46. The Morgan fingerprint density at radius 1 is 1.18 bits per heavy atom. The zero-order chi connectivity index (χ0) is 24.2. The molecule has 176 valence electrons. The molecule has 2 aromatic carbocycles. The maximum Gasteiger partial charge on any atom is 0.268 e. The summed E-state index contributed by atoms with van der Waals surface area (Å²) >= 11 is 1.36. The number of benzene rings is 2. The first-order chi connectivity index (χ1) is 16.4. The van der Waals surface area contributed by atoms with Crippen LogP contribution in [-0.2, 0) is 4.79 Å². The number of fused-ring (bicyclic) bond motifs is 1. The number of carbonyl (C=O) groups excluding carboxylic acids is 3. The number of nitrogens with zero attached hydrogens (tertiary/aromatic N) is 2. The SMILES string of the molecule is CNCCN(C)C(=O)c1ccc2c(c1)NC(=O)CC(c1ccc(C)cc1)N2C(=O)c1cccs1. The lowest BCUT2D eigenvalue weighted by Gasteiger charge is -2.30. The van der Waals surface area contributed by atoms with E-state index in [1.165, 1.54) is 11.3 Å². The van der Waals surface area contributed by atoms with Crippen molar-refractivity contribution in [3.05, 3.63) is 81.5 Å². The van der Waals surface area contributed by atoms with E-state index < -0.39 is 6.04 Å². The van der Waals surface area contributed by atoms with Crippen molar-refractivity contribution in [3.8, 4) is 0 Å². The summed E-state index contributed by atoms with van der Waals surface area (Å²) in [6.07, 6.45) is 0.111. The number of thiophene rings is 1. The molecule has 1 unspecified atom stereocenters. The van der Waals surface area contributed by atoms with Gasteiger partial charge in [-0.15, -0.1) is 11.3 Å². The Morgan fingerprint density at radius 2 is 1.94 bits per heavy atom. The Morgan fingerprint density at radius 3 is 2.62 bits per heavy atom. The van der Waals surface area contributed by atoms with E-state index >= 15 is 0 Å². The maximum absolute atomic E-state index is 13.7. The number of anilines is 2. The summed E-state index contributed by atoms with van der Waals surface area (Å²) in [6, 6.07) is 16.2. The molecule has 8 heteroatoms. The number of likely N-dealkylation sites (N-methyl/N-ethyl adjacent to an activating group) is 2. The van der Waals surface area contributed by atoms with Crippen LogP contribution in [0.2, 0.25) is 0 Å². The lowest BCUT2D eigenvalue weighted by atomic mass is 9.99. The summed E-state index contributed by atoms with van der Waals surface area (Å²) in [4.78, 5) is 43.5. The van der Waals surface area contributed by atoms with Crippen molar-refractivity contribution in [1.82, 2.24) is 10.2 Å². The van der Waals surface area contributed by atoms with Crippen LogP contribution in [0.25, 0.3) is 0 Å². The third kappa shape index (κ3) is 4.88. The van der Waals surface area contributed by atoms with E-state index in [-0.39, 0.29) is 24.1 Å². The van der Waals surface area contributed by atoms with Crippen LogP contribution in [0.1, 0.15) is 43.6 Å². The van der Waals surface area contributed by atoms with Gasteiger partial charge < -0.3 is 15.5 Å². The second-order valence-electron chi connectivity index (χ2n) is 8.39. The quantitative estimate of drug-likeness (QED) is 0.562. The van der Waals surface area contributed by atoms with Gasteiger partial charge in [0.2, 0.25) is 5.91 Å². The molecule has 2 heterocycles. The van der Waals surface area contributed by atoms with Crippen LogP contribution in [0.3, 0.4) is 0 Å². The fourth-order valence-electron chi connectivity index (χ4n) is 4.04. The number of carbonyl (C=O) groups is 3. The van der Waals surface area contributed by atoms with Crippen LogP contribution in [0.4, 0.5) is 11.4 Å². The minimum Gasteiger partial charge on any atom is -0.340 e. The second-order valence-corrected chi connectivity index (χ2v) is 9.34. The minimum absolute atomic E-state index is 0.111. The molecule has 0 aliphatic carbocycles. The molecule has 3 aromatic rings. The lowest BCUT2D eigenvalue weighted by Crippen LogP contribution is -2.35. The van der Waals surface area contributed by atoms with Crippen LogP contribution < -0.4 is 15.5 Å². The number of hydrogen-bond acceptors (Lipinski definition) is 5. The number of nitrogens with one attached hydrogen (secondary N) is 2. The zero-order valence-electron chi connectivity index (χ0n) is 19.5. The Bertz CT molecular complexity index is 1190. The molecular weight excluding hydrogens is 448 g/mol. The molecule has 3 amide bonds. The van der Waals surface area contributed by atoms with Crippen molar-refractivity contribution in [2.75, 3.05) is 37.4 Å². The molecule has 1 aliphatic rings. The smallest absolute Gasteiger partial charge is 0.268 e. The van der Waals surface area contributed by atoms with Gasteiger partial charge >= 0.3 is 0 Å². The molecule has 34 heavy (non-hydrogen) atoms. The van der Waals surface area contributed by atoms with Gasteiger partial charge in [-0.2, -0.15) is 0 Å². The fourth-order valence-corrected chi connectivity index (χ4v) is 4.70. The first kappa shape index (κ1) is 23.7. The van der Waals surface area contributed by atoms with E-state index in [0.29, 0.717) is 34.9 Å². The standard InChI is InChI=1S/C26H28N4O3S/c1-17-6-8-18(9-7-17)22-16-24(31)28-20-15-19(25(32)29(3)13-12-27-2)10-11-21(20)30(22)26(33)23-5-4-14-34-23/h4-11,14-15,22,27H,12-13,16H2,1-3H3,(H,28,31). The summed E-state index contributed by atoms with van der Waals surface area (Å²) < 4.78 is 0. The van der Waals surface area contributed by atoms with Gasteiger partial charge in [0.25, 0.3) is 11.8 Å². The number of hydrogen-bond donors (Lipinski definition) is 2. The normalized spacial score (nSPS) is 15.3. The molecule has 0 spiro atoms. The summed E-state index contributed by atoms with van der Waals surface area (Å²) in [7, 11) is 3.57. The van der Waals surface area contributed by atoms with E-state index in [4.69, 9.17) is 0 Å². The summed E-state index contributed by atoms with van der Waals surface area (Å²) in [6.45, 7) is 3.22. The number of aryl methyl sites for hydroxylation is 1. The van der Waals surface area contributed by atoms with Gasteiger partial charge in [-0.3, -0.25) is 19.3 Å². The highest BCUT2D eigenvalue weighted by molar-refractivity contribution is 7.12. The molecule has 1 aromatic heterocycles. The average molecular weight is 477 g/mol. The number of amides is 3. The Balaban J connectivity index is 1.79. The predicted molar refractivity (Wildman–Crippen MR) is 136 cm³/mol. The number of rotatable bonds is 6. The van der Waals surface area contributed by atoms with E-state index in [1.54, 1.807) is 41.1 Å². The van der Waals surface area contributed by atoms with Crippen molar-refractivity contribution in [1.29, 1.82) is 0 Å². The Hall–Kier alpha value is -3.49. The molecule has 7 nitrogen and oxygen atoms in total. The topological polar surface area (TPSA) is 81.8 Å². The highest BCUT2D eigenvalue weighted by atomic mass is 32.1. The van der Waals surface area contributed by atoms with Gasteiger partial charge in [-0.25, -0.2) is 0 Å². The van der Waals surface area contributed by atoms with Crippen LogP contribution in [0, 0.1) is 6.92 Å². The molecule has 2 N–H and O–H groups in total. The van der Waals surface area contributed by atoms with Crippen LogP contribution in [0.15, 0.2) is 60.0 Å².